The standard InChI is InChI=1S/C12H17N5OS/c1-7-11(8(2)17(3)16-7)18-12-15-14-10(19-12)6-13-9-4-5-9/h9,13H,4-6H2,1-3H3. The predicted octanol–water partition coefficient (Wildman–Crippen LogP) is 1.93. The Balaban J connectivity index is 1.68. The summed E-state index contributed by atoms with van der Waals surface area (Å²) in [5.74, 6) is 0.778. The van der Waals surface area contributed by atoms with Gasteiger partial charge in [0.15, 0.2) is 5.75 Å². The molecule has 0 saturated heterocycles. The zero-order valence-electron chi connectivity index (χ0n) is 11.3. The highest BCUT2D eigenvalue weighted by Crippen LogP contribution is 2.30. The van der Waals surface area contributed by atoms with Crippen LogP contribution in [-0.4, -0.2) is 26.0 Å². The molecular weight excluding hydrogens is 262 g/mol. The molecular formula is C12H17N5OS. The van der Waals surface area contributed by atoms with E-state index in [1.165, 1.54) is 24.2 Å². The molecule has 1 N–H and O–H groups in total. The van der Waals surface area contributed by atoms with Gasteiger partial charge in [0.2, 0.25) is 0 Å². The Morgan fingerprint density at radius 3 is 2.79 bits per heavy atom. The Kier molecular flexibility index (Phi) is 3.24. The smallest absolute Gasteiger partial charge is 0.299 e. The van der Waals surface area contributed by atoms with Crippen LogP contribution in [0.2, 0.25) is 0 Å². The lowest BCUT2D eigenvalue weighted by Gasteiger charge is -2.00. The van der Waals surface area contributed by atoms with Gasteiger partial charge in [0.1, 0.15) is 10.7 Å². The van der Waals surface area contributed by atoms with Gasteiger partial charge >= 0.3 is 0 Å². The zero-order chi connectivity index (χ0) is 13.4. The Morgan fingerprint density at radius 2 is 2.16 bits per heavy atom. The van der Waals surface area contributed by atoms with E-state index in [9.17, 15) is 0 Å². The Morgan fingerprint density at radius 1 is 1.37 bits per heavy atom. The summed E-state index contributed by atoms with van der Waals surface area (Å²) in [5, 5.41) is 17.5. The summed E-state index contributed by atoms with van der Waals surface area (Å²) < 4.78 is 7.60. The van der Waals surface area contributed by atoms with Gasteiger partial charge in [0.05, 0.1) is 12.2 Å². The van der Waals surface area contributed by atoms with Crippen molar-refractivity contribution in [1.82, 2.24) is 25.3 Å². The molecule has 1 aliphatic rings. The maximum Gasteiger partial charge on any atom is 0.299 e. The van der Waals surface area contributed by atoms with Crippen LogP contribution in [0.15, 0.2) is 0 Å². The number of aryl methyl sites for hydroxylation is 2. The second-order valence-corrected chi connectivity index (χ2v) is 5.87. The quantitative estimate of drug-likeness (QED) is 0.906. The number of nitrogens with zero attached hydrogens (tertiary/aromatic N) is 4. The van der Waals surface area contributed by atoms with Gasteiger partial charge in [0, 0.05) is 13.1 Å². The normalized spacial score (nSPS) is 14.9. The van der Waals surface area contributed by atoms with Crippen molar-refractivity contribution in [2.75, 3.05) is 0 Å². The molecule has 0 spiro atoms. The van der Waals surface area contributed by atoms with E-state index in [4.69, 9.17) is 4.74 Å². The molecule has 3 rings (SSSR count). The van der Waals surface area contributed by atoms with Gasteiger partial charge in [0.25, 0.3) is 5.19 Å². The molecule has 1 saturated carbocycles. The first-order valence-electron chi connectivity index (χ1n) is 6.37. The summed E-state index contributed by atoms with van der Waals surface area (Å²) >= 11 is 1.48. The molecule has 1 fully saturated rings. The van der Waals surface area contributed by atoms with Gasteiger partial charge in [-0.1, -0.05) is 16.4 Å². The number of rotatable bonds is 5. The highest BCUT2D eigenvalue weighted by molar-refractivity contribution is 7.13. The molecule has 0 aliphatic heterocycles. The molecule has 2 aromatic rings. The minimum absolute atomic E-state index is 0.576. The molecule has 2 heterocycles. The molecule has 0 unspecified atom stereocenters. The number of nitrogens with one attached hydrogen (secondary N) is 1. The molecule has 102 valence electrons. The minimum Gasteiger partial charge on any atom is -0.426 e. The van der Waals surface area contributed by atoms with Crippen LogP contribution in [0.1, 0.15) is 29.2 Å². The minimum atomic E-state index is 0.576. The fourth-order valence-corrected chi connectivity index (χ4v) is 2.50. The monoisotopic (exact) mass is 279 g/mol. The van der Waals surface area contributed by atoms with Crippen LogP contribution in [0.5, 0.6) is 10.9 Å². The maximum absolute atomic E-state index is 5.80. The molecule has 1 aliphatic carbocycles. The highest BCUT2D eigenvalue weighted by atomic mass is 32.1. The Bertz CT molecular complexity index is 587. The van der Waals surface area contributed by atoms with E-state index in [1.807, 2.05) is 20.9 Å². The molecule has 0 radical (unpaired) electrons. The van der Waals surface area contributed by atoms with Gasteiger partial charge in [-0.25, -0.2) is 0 Å². The van der Waals surface area contributed by atoms with E-state index in [2.05, 4.69) is 20.6 Å². The Hall–Kier alpha value is -1.47. The van der Waals surface area contributed by atoms with Crippen molar-refractivity contribution in [1.29, 1.82) is 0 Å². The van der Waals surface area contributed by atoms with E-state index < -0.39 is 0 Å². The first kappa shape index (κ1) is 12.6. The van der Waals surface area contributed by atoms with Crippen LogP contribution < -0.4 is 10.1 Å². The van der Waals surface area contributed by atoms with Gasteiger partial charge < -0.3 is 10.1 Å². The molecule has 0 bridgehead atoms. The molecule has 2 aromatic heterocycles. The van der Waals surface area contributed by atoms with Crippen LogP contribution in [-0.2, 0) is 13.6 Å². The molecule has 0 amide bonds. The lowest BCUT2D eigenvalue weighted by molar-refractivity contribution is 0.465. The van der Waals surface area contributed by atoms with Crippen molar-refractivity contribution in [3.05, 3.63) is 16.4 Å². The highest BCUT2D eigenvalue weighted by Gasteiger charge is 2.21. The van der Waals surface area contributed by atoms with Gasteiger partial charge in [-0.2, -0.15) is 5.10 Å². The number of hydrogen-bond donors (Lipinski definition) is 1. The largest absolute Gasteiger partial charge is 0.426 e. The van der Waals surface area contributed by atoms with E-state index >= 15 is 0 Å². The van der Waals surface area contributed by atoms with Crippen molar-refractivity contribution in [2.45, 2.75) is 39.3 Å². The number of hydrogen-bond acceptors (Lipinski definition) is 6. The zero-order valence-corrected chi connectivity index (χ0v) is 12.1. The second-order valence-electron chi connectivity index (χ2n) is 4.84. The summed E-state index contributed by atoms with van der Waals surface area (Å²) in [6.07, 6.45) is 2.55. The molecule has 0 aromatic carbocycles. The van der Waals surface area contributed by atoms with E-state index in [0.717, 1.165) is 28.7 Å². The van der Waals surface area contributed by atoms with E-state index in [-0.39, 0.29) is 0 Å². The van der Waals surface area contributed by atoms with Crippen molar-refractivity contribution >= 4 is 11.3 Å². The predicted molar refractivity (Wildman–Crippen MR) is 72.5 cm³/mol. The summed E-state index contributed by atoms with van der Waals surface area (Å²) in [6.45, 7) is 4.68. The molecule has 6 nitrogen and oxygen atoms in total. The van der Waals surface area contributed by atoms with Crippen LogP contribution in [0.25, 0.3) is 0 Å². The summed E-state index contributed by atoms with van der Waals surface area (Å²) in [6, 6.07) is 0.677. The van der Waals surface area contributed by atoms with Crippen LogP contribution in [0.4, 0.5) is 0 Å². The first-order chi connectivity index (χ1) is 9.13. The molecule has 19 heavy (non-hydrogen) atoms. The van der Waals surface area contributed by atoms with Gasteiger partial charge in [-0.15, -0.1) is 5.10 Å². The maximum atomic E-state index is 5.80. The van der Waals surface area contributed by atoms with Crippen LogP contribution >= 0.6 is 11.3 Å². The van der Waals surface area contributed by atoms with Crippen molar-refractivity contribution in [3.8, 4) is 10.9 Å². The lowest BCUT2D eigenvalue weighted by atomic mass is 10.3. The third kappa shape index (κ3) is 2.76. The van der Waals surface area contributed by atoms with Gasteiger partial charge in [-0.3, -0.25) is 4.68 Å². The van der Waals surface area contributed by atoms with Crippen LogP contribution in [0.3, 0.4) is 0 Å². The van der Waals surface area contributed by atoms with Crippen LogP contribution in [0, 0.1) is 13.8 Å². The third-order valence-electron chi connectivity index (χ3n) is 3.20. The van der Waals surface area contributed by atoms with E-state index in [0.29, 0.717) is 11.2 Å². The third-order valence-corrected chi connectivity index (χ3v) is 4.00. The average Bonchev–Trinajstić information content (AvgIpc) is 3.06. The fraction of sp³-hybridized carbons (Fsp3) is 0.583. The molecule has 7 heteroatoms. The molecule has 0 atom stereocenters. The van der Waals surface area contributed by atoms with Crippen molar-refractivity contribution in [3.63, 3.8) is 0 Å². The lowest BCUT2D eigenvalue weighted by Crippen LogP contribution is -2.14. The van der Waals surface area contributed by atoms with E-state index in [1.54, 1.807) is 4.68 Å². The Labute approximate surface area is 115 Å². The summed E-state index contributed by atoms with van der Waals surface area (Å²) in [7, 11) is 1.90. The number of ether oxygens (including phenoxy) is 1. The first-order valence-corrected chi connectivity index (χ1v) is 7.19. The topological polar surface area (TPSA) is 64.9 Å². The van der Waals surface area contributed by atoms with Crippen molar-refractivity contribution < 1.29 is 4.74 Å². The van der Waals surface area contributed by atoms with Gasteiger partial charge in [-0.05, 0) is 26.7 Å². The SMILES string of the molecule is Cc1nn(C)c(C)c1Oc1nnc(CNC2CC2)s1. The number of aromatic nitrogens is 4. The summed E-state index contributed by atoms with van der Waals surface area (Å²) in [5.41, 5.74) is 1.86. The van der Waals surface area contributed by atoms with Crippen molar-refractivity contribution in [2.24, 2.45) is 7.05 Å². The summed E-state index contributed by atoms with van der Waals surface area (Å²) in [4.78, 5) is 0. The fourth-order valence-electron chi connectivity index (χ4n) is 1.86. The average molecular weight is 279 g/mol. The second kappa shape index (κ2) is 4.90.